The lowest BCUT2D eigenvalue weighted by Crippen LogP contribution is -2.30. The molecule has 4 N–H and O–H groups in total. The summed E-state index contributed by atoms with van der Waals surface area (Å²) in [7, 11) is 1.54. The van der Waals surface area contributed by atoms with Gasteiger partial charge in [-0.05, 0) is 53.9 Å². The van der Waals surface area contributed by atoms with Crippen LogP contribution in [0.5, 0.6) is 23.1 Å². The zero-order valence-corrected chi connectivity index (χ0v) is 19.0. The molecule has 0 aliphatic heterocycles. The number of amides is 1. The van der Waals surface area contributed by atoms with Crippen LogP contribution >= 0.6 is 0 Å². The maximum atomic E-state index is 13.3. The van der Waals surface area contributed by atoms with E-state index in [4.69, 9.17) is 4.74 Å². The number of aromatic nitrogens is 2. The van der Waals surface area contributed by atoms with Crippen molar-refractivity contribution < 1.29 is 24.9 Å². The highest BCUT2D eigenvalue weighted by Crippen LogP contribution is 2.32. The number of carbonyl (C=O) groups is 1. The largest absolute Gasteiger partial charge is 0.504 e. The number of ether oxygens (including phenoxy) is 1. The Balaban J connectivity index is 1.60. The molecule has 0 unspecified atom stereocenters. The molecular formula is C26H25N3O6. The number of hydrogen-bond donors (Lipinski definition) is 4. The Kier molecular flexibility index (Phi) is 6.86. The molecule has 2 aromatic carbocycles. The third kappa shape index (κ3) is 5.19. The van der Waals surface area contributed by atoms with Gasteiger partial charge in [-0.3, -0.25) is 14.0 Å². The van der Waals surface area contributed by atoms with Crippen LogP contribution in [-0.4, -0.2) is 44.3 Å². The predicted octanol–water partition coefficient (Wildman–Crippen LogP) is 2.70. The second-order valence-electron chi connectivity index (χ2n) is 8.04. The van der Waals surface area contributed by atoms with Gasteiger partial charge in [-0.15, -0.1) is 0 Å². The van der Waals surface area contributed by atoms with Crippen molar-refractivity contribution in [3.05, 3.63) is 93.9 Å². The summed E-state index contributed by atoms with van der Waals surface area (Å²) in [5, 5.41) is 32.6. The lowest BCUT2D eigenvalue weighted by atomic mass is 9.89. The monoisotopic (exact) mass is 475 g/mol. The van der Waals surface area contributed by atoms with Gasteiger partial charge in [-0.25, -0.2) is 0 Å². The smallest absolute Gasteiger partial charge is 0.265 e. The SMILES string of the molecule is COc1ccc([C@@H](CC(=O)NCCc2ccc(O)c(O)c2)c2c(O)nc3ccccn3c2=O)cc1. The number of nitrogens with one attached hydrogen (secondary N) is 1. The molecule has 35 heavy (non-hydrogen) atoms. The van der Waals surface area contributed by atoms with Gasteiger partial charge in [0.1, 0.15) is 11.4 Å². The van der Waals surface area contributed by atoms with Crippen LogP contribution in [0.25, 0.3) is 5.65 Å². The average molecular weight is 476 g/mol. The Morgan fingerprint density at radius 1 is 1.06 bits per heavy atom. The Morgan fingerprint density at radius 2 is 1.83 bits per heavy atom. The summed E-state index contributed by atoms with van der Waals surface area (Å²) < 4.78 is 6.55. The molecule has 2 aromatic heterocycles. The second-order valence-corrected chi connectivity index (χ2v) is 8.04. The van der Waals surface area contributed by atoms with E-state index in [-0.39, 0.29) is 35.9 Å². The van der Waals surface area contributed by atoms with Crippen molar-refractivity contribution in [2.24, 2.45) is 0 Å². The minimum absolute atomic E-state index is 0.0254. The molecular weight excluding hydrogens is 450 g/mol. The first kappa shape index (κ1) is 23.6. The molecule has 2 heterocycles. The van der Waals surface area contributed by atoms with Crippen molar-refractivity contribution in [3.63, 3.8) is 0 Å². The molecule has 4 rings (SSSR count). The Hall–Kier alpha value is -4.53. The zero-order valence-electron chi connectivity index (χ0n) is 19.0. The molecule has 0 bridgehead atoms. The van der Waals surface area contributed by atoms with Crippen LogP contribution in [0.3, 0.4) is 0 Å². The Morgan fingerprint density at radius 3 is 2.54 bits per heavy atom. The summed E-state index contributed by atoms with van der Waals surface area (Å²) in [6.07, 6.45) is 1.89. The van der Waals surface area contributed by atoms with E-state index in [1.807, 2.05) is 0 Å². The summed E-state index contributed by atoms with van der Waals surface area (Å²) in [6, 6.07) is 16.4. The molecule has 0 spiro atoms. The number of methoxy groups -OCH3 is 1. The van der Waals surface area contributed by atoms with Gasteiger partial charge in [0.25, 0.3) is 5.56 Å². The molecule has 4 aromatic rings. The average Bonchev–Trinajstić information content (AvgIpc) is 2.85. The van der Waals surface area contributed by atoms with E-state index >= 15 is 0 Å². The molecule has 0 aliphatic carbocycles. The van der Waals surface area contributed by atoms with Crippen LogP contribution in [0.4, 0.5) is 0 Å². The van der Waals surface area contributed by atoms with Gasteiger partial charge in [0.15, 0.2) is 11.5 Å². The molecule has 9 heteroatoms. The highest BCUT2D eigenvalue weighted by atomic mass is 16.5. The fourth-order valence-electron chi connectivity index (χ4n) is 3.95. The van der Waals surface area contributed by atoms with E-state index in [1.165, 1.54) is 16.5 Å². The standard InChI is InChI=1S/C26H25N3O6/c1-35-18-8-6-17(7-9-18)19(24-25(33)28-22-4-2-3-13-29(22)26(24)34)15-23(32)27-12-11-16-5-10-20(30)21(31)14-16/h2-10,13-14,19,30-31,33H,11-12,15H2,1H3,(H,27,32)/t19-/m1/s1. The zero-order chi connectivity index (χ0) is 24.9. The highest BCUT2D eigenvalue weighted by molar-refractivity contribution is 5.77. The fraction of sp³-hybridized carbons (Fsp3) is 0.192. The second kappa shape index (κ2) is 10.2. The molecule has 0 aliphatic rings. The van der Waals surface area contributed by atoms with Gasteiger partial charge < -0.3 is 25.4 Å². The molecule has 0 fully saturated rings. The van der Waals surface area contributed by atoms with Crippen molar-refractivity contribution in [2.45, 2.75) is 18.8 Å². The first-order valence-corrected chi connectivity index (χ1v) is 11.0. The maximum Gasteiger partial charge on any atom is 0.265 e. The predicted molar refractivity (Wildman–Crippen MR) is 129 cm³/mol. The summed E-state index contributed by atoms with van der Waals surface area (Å²) in [5.74, 6) is -1.33. The number of nitrogens with zero attached hydrogens (tertiary/aromatic N) is 2. The van der Waals surface area contributed by atoms with E-state index in [1.54, 1.807) is 61.8 Å². The number of pyridine rings is 1. The van der Waals surface area contributed by atoms with Crippen LogP contribution in [-0.2, 0) is 11.2 Å². The van der Waals surface area contributed by atoms with Gasteiger partial charge in [-0.1, -0.05) is 24.3 Å². The van der Waals surface area contributed by atoms with E-state index in [0.29, 0.717) is 23.4 Å². The summed E-state index contributed by atoms with van der Waals surface area (Å²) in [5.41, 5.74) is 1.25. The maximum absolute atomic E-state index is 13.3. The minimum Gasteiger partial charge on any atom is -0.504 e. The van der Waals surface area contributed by atoms with Crippen LogP contribution in [0, 0.1) is 0 Å². The number of aromatic hydroxyl groups is 3. The van der Waals surface area contributed by atoms with Crippen molar-refractivity contribution in [2.75, 3.05) is 13.7 Å². The normalized spacial score (nSPS) is 11.8. The van der Waals surface area contributed by atoms with Crippen molar-refractivity contribution in [3.8, 4) is 23.1 Å². The molecule has 0 saturated heterocycles. The van der Waals surface area contributed by atoms with E-state index in [2.05, 4.69) is 10.3 Å². The van der Waals surface area contributed by atoms with Crippen LogP contribution in [0.2, 0.25) is 0 Å². The van der Waals surface area contributed by atoms with Gasteiger partial charge in [0, 0.05) is 25.1 Å². The van der Waals surface area contributed by atoms with Crippen LogP contribution in [0.15, 0.2) is 71.7 Å². The number of benzene rings is 2. The van der Waals surface area contributed by atoms with Gasteiger partial charge in [0.2, 0.25) is 11.8 Å². The number of phenols is 2. The Bertz CT molecular complexity index is 1420. The third-order valence-electron chi connectivity index (χ3n) is 5.78. The third-order valence-corrected chi connectivity index (χ3v) is 5.78. The fourth-order valence-corrected chi connectivity index (χ4v) is 3.95. The van der Waals surface area contributed by atoms with E-state index in [9.17, 15) is 24.9 Å². The van der Waals surface area contributed by atoms with Gasteiger partial charge in [-0.2, -0.15) is 4.98 Å². The molecule has 9 nitrogen and oxygen atoms in total. The van der Waals surface area contributed by atoms with Gasteiger partial charge >= 0.3 is 0 Å². The van der Waals surface area contributed by atoms with E-state index in [0.717, 1.165) is 5.56 Å². The van der Waals surface area contributed by atoms with Crippen molar-refractivity contribution >= 4 is 11.6 Å². The summed E-state index contributed by atoms with van der Waals surface area (Å²) >= 11 is 0. The molecule has 180 valence electrons. The highest BCUT2D eigenvalue weighted by Gasteiger charge is 2.26. The quantitative estimate of drug-likeness (QED) is 0.288. The van der Waals surface area contributed by atoms with Crippen LogP contribution in [0.1, 0.15) is 29.0 Å². The van der Waals surface area contributed by atoms with Crippen molar-refractivity contribution in [1.82, 2.24) is 14.7 Å². The molecule has 0 saturated carbocycles. The molecule has 1 atom stereocenters. The lowest BCUT2D eigenvalue weighted by molar-refractivity contribution is -0.121. The van der Waals surface area contributed by atoms with E-state index < -0.39 is 17.4 Å². The number of phenolic OH excluding ortho intramolecular Hbond substituents is 2. The number of carbonyl (C=O) groups excluding carboxylic acids is 1. The Labute approximate surface area is 200 Å². The summed E-state index contributed by atoms with van der Waals surface area (Å²) in [6.45, 7) is 0.277. The van der Waals surface area contributed by atoms with Gasteiger partial charge in [0.05, 0.1) is 12.7 Å². The number of hydrogen-bond acceptors (Lipinski definition) is 7. The summed E-state index contributed by atoms with van der Waals surface area (Å²) in [4.78, 5) is 30.3. The number of fused-ring (bicyclic) bond motifs is 1. The van der Waals surface area contributed by atoms with Crippen molar-refractivity contribution in [1.29, 1.82) is 0 Å². The lowest BCUT2D eigenvalue weighted by Gasteiger charge is -2.19. The molecule has 1 amide bonds. The number of rotatable bonds is 8. The molecule has 0 radical (unpaired) electrons. The van der Waals surface area contributed by atoms with Crippen LogP contribution < -0.4 is 15.6 Å². The minimum atomic E-state index is -0.754. The topological polar surface area (TPSA) is 133 Å². The first-order chi connectivity index (χ1) is 16.9. The first-order valence-electron chi connectivity index (χ1n) is 11.0.